The van der Waals surface area contributed by atoms with E-state index in [4.69, 9.17) is 4.74 Å². The SMILES string of the molecule is COC1CC=C(/C(C(=O)Nc2ccccc2)=C2\CCCCN2)C=C1F. The Morgan fingerprint density at radius 2 is 2.08 bits per heavy atom. The number of carbonyl (C=O) groups is 1. The Morgan fingerprint density at radius 1 is 1.28 bits per heavy atom. The number of rotatable bonds is 4. The topological polar surface area (TPSA) is 50.4 Å². The minimum Gasteiger partial charge on any atom is -0.388 e. The molecule has 1 aromatic carbocycles. The molecule has 4 nitrogen and oxygen atoms in total. The number of nitrogens with one attached hydrogen (secondary N) is 2. The number of hydrogen-bond acceptors (Lipinski definition) is 3. The van der Waals surface area contributed by atoms with Crippen LogP contribution in [0.4, 0.5) is 10.1 Å². The van der Waals surface area contributed by atoms with Crippen molar-refractivity contribution in [2.45, 2.75) is 31.8 Å². The Balaban J connectivity index is 1.91. The molecule has 1 fully saturated rings. The van der Waals surface area contributed by atoms with E-state index in [1.165, 1.54) is 13.2 Å². The van der Waals surface area contributed by atoms with Crippen molar-refractivity contribution in [3.05, 3.63) is 65.2 Å². The lowest BCUT2D eigenvalue weighted by Gasteiger charge is -2.24. The molecule has 132 valence electrons. The van der Waals surface area contributed by atoms with Gasteiger partial charge in [-0.05, 0) is 49.5 Å². The van der Waals surface area contributed by atoms with E-state index in [1.807, 2.05) is 36.4 Å². The molecule has 5 heteroatoms. The van der Waals surface area contributed by atoms with Crippen LogP contribution in [0.2, 0.25) is 0 Å². The molecule has 3 rings (SSSR count). The third-order valence-corrected chi connectivity index (χ3v) is 4.48. The van der Waals surface area contributed by atoms with E-state index >= 15 is 0 Å². The average Bonchev–Trinajstić information content (AvgIpc) is 2.64. The smallest absolute Gasteiger partial charge is 0.258 e. The molecule has 1 unspecified atom stereocenters. The van der Waals surface area contributed by atoms with Gasteiger partial charge >= 0.3 is 0 Å². The Bertz CT molecular complexity index is 714. The average molecular weight is 342 g/mol. The van der Waals surface area contributed by atoms with Gasteiger partial charge in [-0.3, -0.25) is 4.79 Å². The lowest BCUT2D eigenvalue weighted by Crippen LogP contribution is -2.27. The first kappa shape index (κ1) is 17.4. The maximum absolute atomic E-state index is 14.2. The largest absolute Gasteiger partial charge is 0.388 e. The molecular weight excluding hydrogens is 319 g/mol. The van der Waals surface area contributed by atoms with Crippen molar-refractivity contribution in [3.63, 3.8) is 0 Å². The predicted molar refractivity (Wildman–Crippen MR) is 96.6 cm³/mol. The maximum Gasteiger partial charge on any atom is 0.258 e. The van der Waals surface area contributed by atoms with Gasteiger partial charge in [-0.1, -0.05) is 24.3 Å². The summed E-state index contributed by atoms with van der Waals surface area (Å²) in [7, 11) is 1.49. The fourth-order valence-electron chi connectivity index (χ4n) is 3.16. The first-order chi connectivity index (χ1) is 12.2. The lowest BCUT2D eigenvalue weighted by atomic mass is 9.92. The highest BCUT2D eigenvalue weighted by molar-refractivity contribution is 6.08. The molecule has 1 heterocycles. The van der Waals surface area contributed by atoms with E-state index in [-0.39, 0.29) is 11.7 Å². The van der Waals surface area contributed by atoms with E-state index in [1.54, 1.807) is 0 Å². The van der Waals surface area contributed by atoms with Gasteiger partial charge < -0.3 is 15.4 Å². The molecule has 0 aromatic heterocycles. The van der Waals surface area contributed by atoms with Gasteiger partial charge in [0.1, 0.15) is 11.9 Å². The normalized spacial score (nSPS) is 22.4. The second-order valence-corrected chi connectivity index (χ2v) is 6.21. The third-order valence-electron chi connectivity index (χ3n) is 4.48. The highest BCUT2D eigenvalue weighted by atomic mass is 19.1. The number of benzene rings is 1. The number of methoxy groups -OCH3 is 1. The van der Waals surface area contributed by atoms with Gasteiger partial charge in [-0.25, -0.2) is 4.39 Å². The van der Waals surface area contributed by atoms with Gasteiger partial charge in [0.2, 0.25) is 0 Å². The Hall–Kier alpha value is -2.40. The van der Waals surface area contributed by atoms with Gasteiger partial charge in [-0.15, -0.1) is 0 Å². The molecule has 1 saturated heterocycles. The summed E-state index contributed by atoms with van der Waals surface area (Å²) in [6.07, 6.45) is 6.03. The Kier molecular flexibility index (Phi) is 5.66. The summed E-state index contributed by atoms with van der Waals surface area (Å²) in [6.45, 7) is 0.831. The monoisotopic (exact) mass is 342 g/mol. The van der Waals surface area contributed by atoms with Gasteiger partial charge in [0, 0.05) is 25.0 Å². The van der Waals surface area contributed by atoms with Crippen LogP contribution in [0.5, 0.6) is 0 Å². The Labute approximate surface area is 147 Å². The summed E-state index contributed by atoms with van der Waals surface area (Å²) >= 11 is 0. The fourth-order valence-corrected chi connectivity index (χ4v) is 3.16. The molecule has 2 N–H and O–H groups in total. The number of allylic oxidation sites excluding steroid dienone is 2. The molecule has 1 aromatic rings. The molecule has 0 bridgehead atoms. The number of carbonyl (C=O) groups excluding carboxylic acids is 1. The maximum atomic E-state index is 14.2. The van der Waals surface area contributed by atoms with Crippen molar-refractivity contribution in [1.29, 1.82) is 0 Å². The summed E-state index contributed by atoms with van der Waals surface area (Å²) in [5.74, 6) is -0.566. The number of ether oxygens (including phenoxy) is 1. The summed E-state index contributed by atoms with van der Waals surface area (Å²) in [4.78, 5) is 12.9. The molecule has 1 atom stereocenters. The molecule has 0 saturated carbocycles. The summed E-state index contributed by atoms with van der Waals surface area (Å²) < 4.78 is 19.3. The second kappa shape index (κ2) is 8.12. The number of para-hydroxylation sites is 1. The molecular formula is C20H23FN2O2. The highest BCUT2D eigenvalue weighted by Gasteiger charge is 2.25. The van der Waals surface area contributed by atoms with Crippen LogP contribution >= 0.6 is 0 Å². The zero-order valence-electron chi connectivity index (χ0n) is 14.3. The van der Waals surface area contributed by atoms with Crippen molar-refractivity contribution < 1.29 is 13.9 Å². The Morgan fingerprint density at radius 3 is 2.72 bits per heavy atom. The minimum absolute atomic E-state index is 0.221. The molecule has 25 heavy (non-hydrogen) atoms. The van der Waals surface area contributed by atoms with E-state index in [2.05, 4.69) is 10.6 Å². The quantitative estimate of drug-likeness (QED) is 0.817. The van der Waals surface area contributed by atoms with Crippen LogP contribution in [0.1, 0.15) is 25.7 Å². The number of piperidine rings is 1. The van der Waals surface area contributed by atoms with E-state index in [0.29, 0.717) is 17.6 Å². The minimum atomic E-state index is -0.563. The summed E-state index contributed by atoms with van der Waals surface area (Å²) in [5.41, 5.74) is 2.74. The number of hydrogen-bond donors (Lipinski definition) is 2. The van der Waals surface area contributed by atoms with Crippen molar-refractivity contribution in [2.24, 2.45) is 0 Å². The van der Waals surface area contributed by atoms with Gasteiger partial charge in [0.15, 0.2) is 0 Å². The summed E-state index contributed by atoms with van der Waals surface area (Å²) in [6, 6.07) is 9.29. The van der Waals surface area contributed by atoms with Crippen LogP contribution in [-0.2, 0) is 9.53 Å². The zero-order chi connectivity index (χ0) is 17.6. The summed E-state index contributed by atoms with van der Waals surface area (Å²) in [5, 5.41) is 6.23. The molecule has 0 radical (unpaired) electrons. The van der Waals surface area contributed by atoms with Gasteiger partial charge in [0.05, 0.1) is 5.57 Å². The first-order valence-corrected chi connectivity index (χ1v) is 8.63. The second-order valence-electron chi connectivity index (χ2n) is 6.21. The van der Waals surface area contributed by atoms with Crippen molar-refractivity contribution >= 4 is 11.6 Å². The van der Waals surface area contributed by atoms with Crippen LogP contribution < -0.4 is 10.6 Å². The molecule has 1 amide bonds. The first-order valence-electron chi connectivity index (χ1n) is 8.63. The molecule has 0 spiro atoms. The zero-order valence-corrected chi connectivity index (χ0v) is 14.3. The predicted octanol–water partition coefficient (Wildman–Crippen LogP) is 3.85. The van der Waals surface area contributed by atoms with Gasteiger partial charge in [-0.2, -0.15) is 0 Å². The number of amides is 1. The standard InChI is InChI=1S/C20H23FN2O2/c1-25-18-11-10-14(13-16(18)21)19(17-9-5-6-12-22-17)20(24)23-15-7-3-2-4-8-15/h2-4,7-8,10,13,18,22H,5-6,9,11-12H2,1H3,(H,23,24)/b19-17-. The van der Waals surface area contributed by atoms with Crippen LogP contribution in [0.3, 0.4) is 0 Å². The van der Waals surface area contributed by atoms with E-state index in [0.717, 1.165) is 37.2 Å². The van der Waals surface area contributed by atoms with Crippen molar-refractivity contribution in [3.8, 4) is 0 Å². The molecule has 1 aliphatic carbocycles. The molecule has 1 aliphatic heterocycles. The number of halogens is 1. The van der Waals surface area contributed by atoms with Crippen LogP contribution in [0.15, 0.2) is 65.2 Å². The highest BCUT2D eigenvalue weighted by Crippen LogP contribution is 2.29. The van der Waals surface area contributed by atoms with E-state index in [9.17, 15) is 9.18 Å². The number of anilines is 1. The molecule has 2 aliphatic rings. The van der Waals surface area contributed by atoms with Crippen LogP contribution in [0, 0.1) is 0 Å². The van der Waals surface area contributed by atoms with Gasteiger partial charge in [0.25, 0.3) is 5.91 Å². The fraction of sp³-hybridized carbons (Fsp3) is 0.350. The lowest BCUT2D eigenvalue weighted by molar-refractivity contribution is -0.112. The van der Waals surface area contributed by atoms with E-state index < -0.39 is 6.10 Å². The third kappa shape index (κ3) is 4.17. The van der Waals surface area contributed by atoms with Crippen molar-refractivity contribution in [2.75, 3.05) is 19.0 Å². The van der Waals surface area contributed by atoms with Crippen LogP contribution in [-0.4, -0.2) is 25.7 Å². The van der Waals surface area contributed by atoms with Crippen LogP contribution in [0.25, 0.3) is 0 Å². The van der Waals surface area contributed by atoms with Crippen molar-refractivity contribution in [1.82, 2.24) is 5.32 Å².